The molecule has 8 heteroatoms. The Kier molecular flexibility index (Phi) is 7.06. The molecular weight excluding hydrogens is 432 g/mol. The minimum atomic E-state index is -4.56. The number of carbonyl (C=O) groups is 1. The fraction of sp³-hybridized carbons (Fsp3) is 0.348. The van der Waals surface area contributed by atoms with Crippen molar-refractivity contribution in [1.29, 1.82) is 0 Å². The maximum Gasteiger partial charge on any atom is 0.417 e. The van der Waals surface area contributed by atoms with Gasteiger partial charge in [-0.25, -0.2) is 4.39 Å². The van der Waals surface area contributed by atoms with E-state index in [0.29, 0.717) is 19.6 Å². The van der Waals surface area contributed by atoms with Gasteiger partial charge in [0.15, 0.2) is 0 Å². The summed E-state index contributed by atoms with van der Waals surface area (Å²) in [6.07, 6.45) is -1.89. The smallest absolute Gasteiger partial charge is 0.334 e. The zero-order valence-electron chi connectivity index (χ0n) is 17.2. The lowest BCUT2D eigenvalue weighted by atomic mass is 10.1. The summed E-state index contributed by atoms with van der Waals surface area (Å²) in [6.45, 7) is 5.71. The zero-order chi connectivity index (χ0) is 22.8. The lowest BCUT2D eigenvalue weighted by Gasteiger charge is -2.44. The second-order valence-corrected chi connectivity index (χ2v) is 8.22. The first-order chi connectivity index (χ1) is 14.5. The van der Waals surface area contributed by atoms with Gasteiger partial charge in [0.1, 0.15) is 5.82 Å². The van der Waals surface area contributed by atoms with E-state index in [0.717, 1.165) is 11.6 Å². The first kappa shape index (κ1) is 23.3. The van der Waals surface area contributed by atoms with Gasteiger partial charge in [0.2, 0.25) is 5.91 Å². The molecule has 0 spiro atoms. The van der Waals surface area contributed by atoms with Crippen LogP contribution >= 0.6 is 11.6 Å². The molecular formula is C23H23ClF4N2O. The Bertz CT molecular complexity index is 959. The number of benzene rings is 2. The first-order valence-corrected chi connectivity index (χ1v) is 10.3. The van der Waals surface area contributed by atoms with Gasteiger partial charge >= 0.3 is 6.18 Å². The second-order valence-electron chi connectivity index (χ2n) is 7.81. The summed E-state index contributed by atoms with van der Waals surface area (Å²) in [6, 6.07) is 9.88. The molecule has 1 saturated heterocycles. The molecule has 1 aliphatic heterocycles. The van der Waals surface area contributed by atoms with Crippen molar-refractivity contribution in [2.75, 3.05) is 13.1 Å². The summed E-state index contributed by atoms with van der Waals surface area (Å²) in [5.74, 6) is -0.542. The van der Waals surface area contributed by atoms with Crippen molar-refractivity contribution >= 4 is 23.6 Å². The predicted octanol–water partition coefficient (Wildman–Crippen LogP) is 5.63. The molecule has 0 N–H and O–H groups in total. The fourth-order valence-electron chi connectivity index (χ4n) is 3.68. The van der Waals surface area contributed by atoms with Gasteiger partial charge in [0, 0.05) is 37.8 Å². The average Bonchev–Trinajstić information content (AvgIpc) is 2.70. The summed E-state index contributed by atoms with van der Waals surface area (Å²) < 4.78 is 52.2. The van der Waals surface area contributed by atoms with Crippen molar-refractivity contribution in [2.24, 2.45) is 0 Å². The van der Waals surface area contributed by atoms with Crippen LogP contribution in [-0.2, 0) is 17.5 Å². The van der Waals surface area contributed by atoms with Crippen molar-refractivity contribution in [3.05, 3.63) is 76.1 Å². The van der Waals surface area contributed by atoms with Crippen LogP contribution in [0.1, 0.15) is 30.5 Å². The fourth-order valence-corrected chi connectivity index (χ4v) is 3.90. The van der Waals surface area contributed by atoms with E-state index >= 15 is 0 Å². The third-order valence-corrected chi connectivity index (χ3v) is 5.74. The van der Waals surface area contributed by atoms with Crippen LogP contribution in [-0.4, -0.2) is 40.9 Å². The highest BCUT2D eigenvalue weighted by Gasteiger charge is 2.33. The monoisotopic (exact) mass is 454 g/mol. The van der Waals surface area contributed by atoms with E-state index in [4.69, 9.17) is 11.6 Å². The molecule has 3 nitrogen and oxygen atoms in total. The molecule has 2 atom stereocenters. The first-order valence-electron chi connectivity index (χ1n) is 9.88. The normalized spacial score (nSPS) is 20.4. The molecule has 1 aliphatic rings. The minimum Gasteiger partial charge on any atom is -0.334 e. The van der Waals surface area contributed by atoms with Crippen molar-refractivity contribution < 1.29 is 22.4 Å². The SMILES string of the molecule is C[C@@H]1CN(Cc2ccc(F)cc2)[C@@H](C)CN1C(=O)/C=C/c1ccc(Cl)c(C(F)(F)F)c1. The highest BCUT2D eigenvalue weighted by molar-refractivity contribution is 6.31. The largest absolute Gasteiger partial charge is 0.417 e. The number of alkyl halides is 3. The van der Waals surface area contributed by atoms with E-state index in [2.05, 4.69) is 4.90 Å². The summed E-state index contributed by atoms with van der Waals surface area (Å²) >= 11 is 5.64. The van der Waals surface area contributed by atoms with Crippen LogP contribution in [0.25, 0.3) is 6.08 Å². The molecule has 0 aliphatic carbocycles. The second kappa shape index (κ2) is 9.40. The summed E-state index contributed by atoms with van der Waals surface area (Å²) in [7, 11) is 0. The third-order valence-electron chi connectivity index (χ3n) is 5.41. The Balaban J connectivity index is 1.66. The average molecular weight is 455 g/mol. The van der Waals surface area contributed by atoms with E-state index < -0.39 is 11.7 Å². The standard InChI is InChI=1S/C23H23ClF4N2O/c1-15-13-30(16(2)12-29(15)14-18-3-7-19(25)8-4-18)22(31)10-6-17-5-9-21(24)20(11-17)23(26,27)28/h3-11,15-16H,12-14H2,1-2H3/b10-6+/t15-,16+/m0/s1. The predicted molar refractivity (Wildman–Crippen MR) is 113 cm³/mol. The highest BCUT2D eigenvalue weighted by Crippen LogP contribution is 2.35. The molecule has 0 saturated carbocycles. The maximum atomic E-state index is 13.1. The molecule has 1 fully saturated rings. The molecule has 1 heterocycles. The Hall–Kier alpha value is -2.38. The topological polar surface area (TPSA) is 23.6 Å². The van der Waals surface area contributed by atoms with Crippen LogP contribution in [0.5, 0.6) is 0 Å². The Morgan fingerprint density at radius 3 is 2.42 bits per heavy atom. The number of piperazine rings is 1. The number of halogens is 5. The van der Waals surface area contributed by atoms with Gasteiger partial charge in [0.05, 0.1) is 10.6 Å². The Morgan fingerprint density at radius 1 is 1.10 bits per heavy atom. The molecule has 0 aromatic heterocycles. The lowest BCUT2D eigenvalue weighted by molar-refractivity contribution is -0.137. The molecule has 31 heavy (non-hydrogen) atoms. The number of hydrogen-bond acceptors (Lipinski definition) is 2. The molecule has 2 aromatic rings. The number of carbonyl (C=O) groups excluding carboxylic acids is 1. The zero-order valence-corrected chi connectivity index (χ0v) is 17.9. The molecule has 1 amide bonds. The van der Waals surface area contributed by atoms with Gasteiger partial charge in [0.25, 0.3) is 0 Å². The number of amides is 1. The van der Waals surface area contributed by atoms with Gasteiger partial charge in [-0.2, -0.15) is 13.2 Å². The van der Waals surface area contributed by atoms with Crippen LogP contribution in [0.3, 0.4) is 0 Å². The Labute approximate surface area is 183 Å². The molecule has 2 aromatic carbocycles. The molecule has 166 valence electrons. The lowest BCUT2D eigenvalue weighted by Crippen LogP contribution is -2.57. The molecule has 3 rings (SSSR count). The van der Waals surface area contributed by atoms with Gasteiger partial charge < -0.3 is 4.90 Å². The van der Waals surface area contributed by atoms with E-state index in [-0.39, 0.29) is 34.4 Å². The van der Waals surface area contributed by atoms with E-state index in [9.17, 15) is 22.4 Å². The van der Waals surface area contributed by atoms with Gasteiger partial charge in [-0.15, -0.1) is 0 Å². The number of hydrogen-bond donors (Lipinski definition) is 0. The van der Waals surface area contributed by atoms with Crippen LogP contribution in [0.2, 0.25) is 5.02 Å². The van der Waals surface area contributed by atoms with E-state index in [1.54, 1.807) is 17.0 Å². The summed E-state index contributed by atoms with van der Waals surface area (Å²) in [5, 5.41) is -0.379. The molecule has 0 bridgehead atoms. The van der Waals surface area contributed by atoms with Gasteiger partial charge in [-0.1, -0.05) is 29.8 Å². The van der Waals surface area contributed by atoms with Crippen LogP contribution < -0.4 is 0 Å². The molecule has 0 radical (unpaired) electrons. The van der Waals surface area contributed by atoms with Crippen molar-refractivity contribution in [1.82, 2.24) is 9.80 Å². The van der Waals surface area contributed by atoms with Crippen molar-refractivity contribution in [3.8, 4) is 0 Å². The van der Waals surface area contributed by atoms with Crippen LogP contribution in [0.4, 0.5) is 17.6 Å². The van der Waals surface area contributed by atoms with Crippen molar-refractivity contribution in [2.45, 2.75) is 38.7 Å². The maximum absolute atomic E-state index is 13.1. The minimum absolute atomic E-state index is 0.0750. The number of rotatable bonds is 4. The van der Waals surface area contributed by atoms with Crippen LogP contribution in [0, 0.1) is 5.82 Å². The van der Waals surface area contributed by atoms with Gasteiger partial charge in [-0.3, -0.25) is 9.69 Å². The van der Waals surface area contributed by atoms with Crippen molar-refractivity contribution in [3.63, 3.8) is 0 Å². The van der Waals surface area contributed by atoms with E-state index in [1.807, 2.05) is 13.8 Å². The highest BCUT2D eigenvalue weighted by atomic mass is 35.5. The third kappa shape index (κ3) is 5.86. The quantitative estimate of drug-likeness (QED) is 0.441. The van der Waals surface area contributed by atoms with Gasteiger partial charge in [-0.05, 0) is 55.3 Å². The van der Waals surface area contributed by atoms with E-state index in [1.165, 1.54) is 36.4 Å². The number of nitrogens with zero attached hydrogens (tertiary/aromatic N) is 2. The summed E-state index contributed by atoms with van der Waals surface area (Å²) in [4.78, 5) is 16.6. The summed E-state index contributed by atoms with van der Waals surface area (Å²) in [5.41, 5.74) is 0.309. The molecule has 0 unspecified atom stereocenters. The van der Waals surface area contributed by atoms with Crippen LogP contribution in [0.15, 0.2) is 48.5 Å². The Morgan fingerprint density at radius 2 is 1.77 bits per heavy atom.